The van der Waals surface area contributed by atoms with Crippen molar-refractivity contribution in [3.8, 4) is 0 Å². The van der Waals surface area contributed by atoms with Gasteiger partial charge in [0, 0.05) is 5.75 Å². The molecule has 0 amide bonds. The maximum Gasteiger partial charge on any atom is 0.0346 e. The Morgan fingerprint density at radius 2 is 1.78 bits per heavy atom. The van der Waals surface area contributed by atoms with Gasteiger partial charge in [-0.05, 0) is 6.42 Å². The van der Waals surface area contributed by atoms with Crippen LogP contribution >= 0.6 is 11.5 Å². The fourth-order valence-electron chi connectivity index (χ4n) is 0.680. The molecule has 0 aromatic carbocycles. The smallest absolute Gasteiger partial charge is 0.0346 e. The van der Waals surface area contributed by atoms with Gasteiger partial charge in [-0.25, -0.2) is 11.5 Å². The van der Waals surface area contributed by atoms with E-state index in [1.807, 2.05) is 0 Å². The Hall–Kier alpha value is 0.270. The zero-order valence-electron chi connectivity index (χ0n) is 5.88. The van der Waals surface area contributed by atoms with Gasteiger partial charge in [0.1, 0.15) is 0 Å². The summed E-state index contributed by atoms with van der Waals surface area (Å²) in [4.78, 5) is 0. The summed E-state index contributed by atoms with van der Waals surface area (Å²) < 4.78 is 16.9. The van der Waals surface area contributed by atoms with Crippen LogP contribution in [0.15, 0.2) is 0 Å². The van der Waals surface area contributed by atoms with E-state index in [0.717, 1.165) is 12.8 Å². The predicted octanol–water partition coefficient (Wildman–Crippen LogP) is 2.51. The van der Waals surface area contributed by atoms with E-state index in [-0.39, 0.29) is 0 Å². The molecule has 0 aliphatic carbocycles. The van der Waals surface area contributed by atoms with Gasteiger partial charge in [-0.15, -0.1) is 0 Å². The highest BCUT2D eigenvalue weighted by molar-refractivity contribution is 8.06. The third kappa shape index (κ3) is 8.27. The SMILES string of the molecule is CCCCCC[SH](O)O. The van der Waals surface area contributed by atoms with Crippen molar-refractivity contribution < 1.29 is 9.11 Å². The Morgan fingerprint density at radius 1 is 1.11 bits per heavy atom. The van der Waals surface area contributed by atoms with E-state index in [1.165, 1.54) is 12.8 Å². The monoisotopic (exact) mass is 152 g/mol. The number of unbranched alkanes of at least 4 members (excludes halogenated alkanes) is 3. The third-order valence-electron chi connectivity index (χ3n) is 1.21. The summed E-state index contributed by atoms with van der Waals surface area (Å²) >= 11 is -1.62. The van der Waals surface area contributed by atoms with Crippen molar-refractivity contribution >= 4 is 11.5 Å². The fourth-order valence-corrected chi connectivity index (χ4v) is 1.19. The molecule has 0 radical (unpaired) electrons. The van der Waals surface area contributed by atoms with Gasteiger partial charge in [0.25, 0.3) is 0 Å². The summed E-state index contributed by atoms with van der Waals surface area (Å²) in [5.41, 5.74) is 0. The van der Waals surface area contributed by atoms with Crippen LogP contribution in [0.1, 0.15) is 32.6 Å². The molecule has 0 heterocycles. The Labute approximate surface area is 59.7 Å². The molecular formula is C6H16O2S. The molecule has 0 aromatic heterocycles. The van der Waals surface area contributed by atoms with Crippen molar-refractivity contribution in [2.75, 3.05) is 5.75 Å². The fraction of sp³-hybridized carbons (Fsp3) is 1.00. The lowest BCUT2D eigenvalue weighted by Crippen LogP contribution is -1.85. The lowest BCUT2D eigenvalue weighted by molar-refractivity contribution is 0.511. The van der Waals surface area contributed by atoms with E-state index in [4.69, 9.17) is 9.11 Å². The van der Waals surface area contributed by atoms with Gasteiger partial charge in [-0.1, -0.05) is 26.2 Å². The summed E-state index contributed by atoms with van der Waals surface area (Å²) in [5, 5.41) is 0. The maximum absolute atomic E-state index is 8.47. The molecule has 0 atom stereocenters. The van der Waals surface area contributed by atoms with Gasteiger partial charge in [0.2, 0.25) is 0 Å². The zero-order valence-corrected chi connectivity index (χ0v) is 6.77. The molecule has 0 saturated heterocycles. The molecule has 0 spiro atoms. The van der Waals surface area contributed by atoms with Gasteiger partial charge in [-0.3, -0.25) is 0 Å². The van der Waals surface area contributed by atoms with Crippen molar-refractivity contribution in [1.29, 1.82) is 0 Å². The van der Waals surface area contributed by atoms with E-state index in [1.54, 1.807) is 0 Å². The largest absolute Gasteiger partial charge is 0.302 e. The average molecular weight is 152 g/mol. The van der Waals surface area contributed by atoms with Crippen LogP contribution < -0.4 is 0 Å². The second-order valence-electron chi connectivity index (χ2n) is 2.16. The van der Waals surface area contributed by atoms with Crippen LogP contribution in [-0.2, 0) is 0 Å². The van der Waals surface area contributed by atoms with Crippen LogP contribution in [0.5, 0.6) is 0 Å². The molecule has 2 N–H and O–H groups in total. The van der Waals surface area contributed by atoms with Crippen LogP contribution in [0.2, 0.25) is 0 Å². The average Bonchev–Trinajstić information content (AvgIpc) is 1.80. The Kier molecular flexibility index (Phi) is 6.58. The highest BCUT2D eigenvalue weighted by atomic mass is 32.2. The molecule has 9 heavy (non-hydrogen) atoms. The van der Waals surface area contributed by atoms with E-state index in [9.17, 15) is 0 Å². The standard InChI is InChI=1S/C6H16O2S/c1-2-3-4-5-6-9(7)8/h7-9H,2-6H2,1H3. The predicted molar refractivity (Wildman–Crippen MR) is 43.3 cm³/mol. The molecule has 2 nitrogen and oxygen atoms in total. The minimum Gasteiger partial charge on any atom is -0.302 e. The van der Waals surface area contributed by atoms with Crippen molar-refractivity contribution in [2.24, 2.45) is 0 Å². The normalized spacial score (nSPS) is 11.7. The first-order valence-electron chi connectivity index (χ1n) is 3.42. The molecular weight excluding hydrogens is 136 g/mol. The summed E-state index contributed by atoms with van der Waals surface area (Å²) in [6.07, 6.45) is 4.51. The number of hydrogen-bond donors (Lipinski definition) is 3. The first-order chi connectivity index (χ1) is 4.27. The molecule has 0 bridgehead atoms. The lowest BCUT2D eigenvalue weighted by atomic mass is 10.2. The minimum atomic E-state index is -1.62. The molecule has 0 rings (SSSR count). The minimum absolute atomic E-state index is 0.593. The lowest BCUT2D eigenvalue weighted by Gasteiger charge is -2.08. The number of hydrogen-bond acceptors (Lipinski definition) is 2. The molecule has 0 aliphatic rings. The van der Waals surface area contributed by atoms with Crippen LogP contribution in [0.4, 0.5) is 0 Å². The molecule has 0 saturated carbocycles. The third-order valence-corrected chi connectivity index (χ3v) is 1.93. The zero-order chi connectivity index (χ0) is 7.11. The van der Waals surface area contributed by atoms with Crippen LogP contribution in [-0.4, -0.2) is 14.9 Å². The summed E-state index contributed by atoms with van der Waals surface area (Å²) in [6.45, 7) is 2.14. The van der Waals surface area contributed by atoms with Crippen molar-refractivity contribution in [2.45, 2.75) is 32.6 Å². The van der Waals surface area contributed by atoms with Crippen LogP contribution in [0, 0.1) is 0 Å². The molecule has 58 valence electrons. The number of rotatable bonds is 5. The van der Waals surface area contributed by atoms with Gasteiger partial charge in [0.15, 0.2) is 0 Å². The molecule has 0 unspecified atom stereocenters. The van der Waals surface area contributed by atoms with E-state index in [2.05, 4.69) is 6.92 Å². The van der Waals surface area contributed by atoms with Gasteiger partial charge < -0.3 is 9.11 Å². The van der Waals surface area contributed by atoms with Crippen molar-refractivity contribution in [1.82, 2.24) is 0 Å². The van der Waals surface area contributed by atoms with Gasteiger partial charge >= 0.3 is 0 Å². The first kappa shape index (κ1) is 9.27. The van der Waals surface area contributed by atoms with E-state index in [0.29, 0.717) is 5.75 Å². The van der Waals surface area contributed by atoms with Gasteiger partial charge in [-0.2, -0.15) is 0 Å². The highest BCUT2D eigenvalue weighted by Crippen LogP contribution is 2.14. The molecule has 0 fully saturated rings. The summed E-state index contributed by atoms with van der Waals surface area (Å²) in [7, 11) is 0. The number of thiol groups is 1. The quantitative estimate of drug-likeness (QED) is 0.418. The van der Waals surface area contributed by atoms with Crippen LogP contribution in [0.3, 0.4) is 0 Å². The van der Waals surface area contributed by atoms with E-state index < -0.39 is 11.5 Å². The maximum atomic E-state index is 8.47. The molecule has 0 aromatic rings. The Morgan fingerprint density at radius 3 is 2.22 bits per heavy atom. The highest BCUT2D eigenvalue weighted by Gasteiger charge is 1.88. The summed E-state index contributed by atoms with van der Waals surface area (Å²) in [6, 6.07) is 0. The van der Waals surface area contributed by atoms with Gasteiger partial charge in [0.05, 0.1) is 0 Å². The van der Waals surface area contributed by atoms with Crippen LogP contribution in [0.25, 0.3) is 0 Å². The first-order valence-corrected chi connectivity index (χ1v) is 4.86. The summed E-state index contributed by atoms with van der Waals surface area (Å²) in [5.74, 6) is 0.593. The molecule has 3 heteroatoms. The second-order valence-corrected chi connectivity index (χ2v) is 3.35. The van der Waals surface area contributed by atoms with Crippen molar-refractivity contribution in [3.63, 3.8) is 0 Å². The Balaban J connectivity index is 2.75. The van der Waals surface area contributed by atoms with E-state index >= 15 is 0 Å². The Bertz CT molecular complexity index is 57.0. The topological polar surface area (TPSA) is 40.5 Å². The molecule has 0 aliphatic heterocycles. The van der Waals surface area contributed by atoms with Crippen molar-refractivity contribution in [3.05, 3.63) is 0 Å². The second kappa shape index (κ2) is 6.39.